The van der Waals surface area contributed by atoms with E-state index < -0.39 is 0 Å². The lowest BCUT2D eigenvalue weighted by atomic mass is 9.89. The Morgan fingerprint density at radius 1 is 1.67 bits per heavy atom. The van der Waals surface area contributed by atoms with Crippen molar-refractivity contribution >= 4 is 5.91 Å². The minimum Gasteiger partial charge on any atom is -0.393 e. The van der Waals surface area contributed by atoms with Crippen LogP contribution in [0.2, 0.25) is 0 Å². The molecule has 1 atom stereocenters. The molecule has 0 bridgehead atoms. The van der Waals surface area contributed by atoms with Crippen molar-refractivity contribution in [3.05, 3.63) is 0 Å². The van der Waals surface area contributed by atoms with Gasteiger partial charge in [0.2, 0.25) is 5.91 Å². The number of hydrogen-bond acceptors (Lipinski definition) is 2. The Labute approximate surface area is 73.2 Å². The topological polar surface area (TPSA) is 49.3 Å². The summed E-state index contributed by atoms with van der Waals surface area (Å²) in [6, 6.07) is 0.224. The van der Waals surface area contributed by atoms with Gasteiger partial charge in [-0.25, -0.2) is 0 Å². The van der Waals surface area contributed by atoms with Gasteiger partial charge in [0, 0.05) is 12.0 Å². The van der Waals surface area contributed by atoms with E-state index in [-0.39, 0.29) is 24.0 Å². The van der Waals surface area contributed by atoms with Crippen molar-refractivity contribution in [2.45, 2.75) is 45.3 Å². The summed E-state index contributed by atoms with van der Waals surface area (Å²) in [4.78, 5) is 11.3. The lowest BCUT2D eigenvalue weighted by Crippen LogP contribution is -2.48. The molecule has 0 aromatic rings. The van der Waals surface area contributed by atoms with Crippen LogP contribution in [0.25, 0.3) is 0 Å². The number of aliphatic hydroxyl groups excluding tert-OH is 1. The van der Waals surface area contributed by atoms with Crippen LogP contribution in [-0.4, -0.2) is 23.2 Å². The highest BCUT2D eigenvalue weighted by Crippen LogP contribution is 2.19. The molecule has 1 unspecified atom stereocenters. The summed E-state index contributed by atoms with van der Waals surface area (Å²) in [5.41, 5.74) is 0. The first-order chi connectivity index (χ1) is 5.63. The molecule has 1 aliphatic rings. The monoisotopic (exact) mass is 171 g/mol. The second-order valence-corrected chi connectivity index (χ2v) is 3.64. The van der Waals surface area contributed by atoms with Crippen LogP contribution >= 0.6 is 0 Å². The van der Waals surface area contributed by atoms with Crippen LogP contribution in [-0.2, 0) is 4.79 Å². The highest BCUT2D eigenvalue weighted by atomic mass is 16.3. The summed E-state index contributed by atoms with van der Waals surface area (Å²) >= 11 is 0. The summed E-state index contributed by atoms with van der Waals surface area (Å²) in [6.07, 6.45) is 2.14. The zero-order valence-corrected chi connectivity index (χ0v) is 7.71. The number of carbonyl (C=O) groups excluding carboxylic acids is 1. The molecular formula is C9H17NO2. The molecule has 0 spiro atoms. The fourth-order valence-corrected chi connectivity index (χ4v) is 1.23. The second-order valence-electron chi connectivity index (χ2n) is 3.64. The van der Waals surface area contributed by atoms with E-state index in [1.54, 1.807) is 0 Å². The normalized spacial score (nSPS) is 30.6. The Hall–Kier alpha value is -0.570. The molecular weight excluding hydrogens is 154 g/mol. The van der Waals surface area contributed by atoms with E-state index >= 15 is 0 Å². The van der Waals surface area contributed by atoms with E-state index in [9.17, 15) is 4.79 Å². The van der Waals surface area contributed by atoms with Gasteiger partial charge in [-0.05, 0) is 19.3 Å². The van der Waals surface area contributed by atoms with Gasteiger partial charge in [0.25, 0.3) is 0 Å². The molecule has 0 aromatic heterocycles. The zero-order chi connectivity index (χ0) is 9.14. The van der Waals surface area contributed by atoms with Gasteiger partial charge in [-0.3, -0.25) is 4.79 Å². The van der Waals surface area contributed by atoms with E-state index in [2.05, 4.69) is 5.32 Å². The minimum atomic E-state index is -0.188. The predicted molar refractivity (Wildman–Crippen MR) is 46.6 cm³/mol. The first kappa shape index (κ1) is 9.52. The maximum absolute atomic E-state index is 11.3. The maximum atomic E-state index is 11.3. The van der Waals surface area contributed by atoms with Gasteiger partial charge >= 0.3 is 0 Å². The van der Waals surface area contributed by atoms with Gasteiger partial charge in [-0.15, -0.1) is 0 Å². The number of rotatable bonds is 3. The molecule has 0 heterocycles. The van der Waals surface area contributed by atoms with Crippen LogP contribution < -0.4 is 5.32 Å². The minimum absolute atomic E-state index is 0.0998. The number of amides is 1. The largest absolute Gasteiger partial charge is 0.393 e. The third kappa shape index (κ3) is 2.21. The fraction of sp³-hybridized carbons (Fsp3) is 0.889. The average Bonchev–Trinajstić information content (AvgIpc) is 2.00. The number of hydrogen-bond donors (Lipinski definition) is 2. The molecule has 2 N–H and O–H groups in total. The molecule has 1 saturated carbocycles. The van der Waals surface area contributed by atoms with Crippen molar-refractivity contribution in [2.24, 2.45) is 5.92 Å². The van der Waals surface area contributed by atoms with E-state index in [1.807, 2.05) is 13.8 Å². The summed E-state index contributed by atoms with van der Waals surface area (Å²) in [7, 11) is 0. The van der Waals surface area contributed by atoms with Gasteiger partial charge in [-0.2, -0.15) is 0 Å². The zero-order valence-electron chi connectivity index (χ0n) is 7.71. The molecule has 12 heavy (non-hydrogen) atoms. The lowest BCUT2D eigenvalue weighted by Gasteiger charge is -2.32. The van der Waals surface area contributed by atoms with Gasteiger partial charge in [0.1, 0.15) is 0 Å². The van der Waals surface area contributed by atoms with Crippen molar-refractivity contribution in [3.8, 4) is 0 Å². The van der Waals surface area contributed by atoms with Gasteiger partial charge in [-0.1, -0.05) is 13.8 Å². The number of carbonyl (C=O) groups is 1. The number of aliphatic hydroxyl groups is 1. The SMILES string of the molecule is CCC(C)C(=O)N[C@H]1C[C@H](O)C1. The number of nitrogens with one attached hydrogen (secondary N) is 1. The summed E-state index contributed by atoms with van der Waals surface area (Å²) < 4.78 is 0. The molecule has 3 nitrogen and oxygen atoms in total. The standard InChI is InChI=1S/C9H17NO2/c1-3-6(2)9(12)10-7-4-8(11)5-7/h6-8,11H,3-5H2,1-2H3,(H,10,12)/t6?,7-,8-. The van der Waals surface area contributed by atoms with Gasteiger partial charge < -0.3 is 10.4 Å². The van der Waals surface area contributed by atoms with Crippen molar-refractivity contribution < 1.29 is 9.90 Å². The molecule has 0 radical (unpaired) electrons. The van der Waals surface area contributed by atoms with Crippen LogP contribution in [0.15, 0.2) is 0 Å². The molecule has 1 amide bonds. The van der Waals surface area contributed by atoms with Crippen molar-refractivity contribution in [1.82, 2.24) is 5.32 Å². The average molecular weight is 171 g/mol. The van der Waals surface area contributed by atoms with Crippen LogP contribution in [0.5, 0.6) is 0 Å². The van der Waals surface area contributed by atoms with Crippen molar-refractivity contribution in [2.75, 3.05) is 0 Å². The van der Waals surface area contributed by atoms with Crippen LogP contribution in [0.1, 0.15) is 33.1 Å². The quantitative estimate of drug-likeness (QED) is 0.655. The fourth-order valence-electron chi connectivity index (χ4n) is 1.23. The third-order valence-corrected chi connectivity index (χ3v) is 2.52. The molecule has 1 aliphatic carbocycles. The van der Waals surface area contributed by atoms with E-state index in [0.29, 0.717) is 0 Å². The molecule has 3 heteroatoms. The first-order valence-corrected chi connectivity index (χ1v) is 4.62. The molecule has 1 fully saturated rings. The van der Waals surface area contributed by atoms with Crippen LogP contribution in [0.4, 0.5) is 0 Å². The van der Waals surface area contributed by atoms with E-state index in [4.69, 9.17) is 5.11 Å². The van der Waals surface area contributed by atoms with Crippen LogP contribution in [0, 0.1) is 5.92 Å². The smallest absolute Gasteiger partial charge is 0.223 e. The van der Waals surface area contributed by atoms with Crippen molar-refractivity contribution in [1.29, 1.82) is 0 Å². The van der Waals surface area contributed by atoms with E-state index in [0.717, 1.165) is 19.3 Å². The van der Waals surface area contributed by atoms with Gasteiger partial charge in [0.15, 0.2) is 0 Å². The summed E-state index contributed by atoms with van der Waals surface area (Å²) in [5, 5.41) is 11.9. The summed E-state index contributed by atoms with van der Waals surface area (Å²) in [5.74, 6) is 0.220. The molecule has 0 saturated heterocycles. The Kier molecular flexibility index (Phi) is 3.09. The summed E-state index contributed by atoms with van der Waals surface area (Å²) in [6.45, 7) is 3.92. The first-order valence-electron chi connectivity index (χ1n) is 4.62. The maximum Gasteiger partial charge on any atom is 0.223 e. The Morgan fingerprint density at radius 3 is 2.67 bits per heavy atom. The highest BCUT2D eigenvalue weighted by molar-refractivity contribution is 5.78. The van der Waals surface area contributed by atoms with Crippen LogP contribution in [0.3, 0.4) is 0 Å². The molecule has 0 aromatic carbocycles. The molecule has 70 valence electrons. The Bertz CT molecular complexity index is 164. The highest BCUT2D eigenvalue weighted by Gasteiger charge is 2.29. The van der Waals surface area contributed by atoms with E-state index in [1.165, 1.54) is 0 Å². The molecule has 1 rings (SSSR count). The Balaban J connectivity index is 2.18. The predicted octanol–water partition coefficient (Wildman–Crippen LogP) is 0.672. The Morgan fingerprint density at radius 2 is 2.25 bits per heavy atom. The second kappa shape index (κ2) is 3.90. The third-order valence-electron chi connectivity index (χ3n) is 2.52. The van der Waals surface area contributed by atoms with Crippen molar-refractivity contribution in [3.63, 3.8) is 0 Å². The van der Waals surface area contributed by atoms with Gasteiger partial charge in [0.05, 0.1) is 6.10 Å². The molecule has 0 aliphatic heterocycles. The lowest BCUT2D eigenvalue weighted by molar-refractivity contribution is -0.126.